The van der Waals surface area contributed by atoms with E-state index in [-0.39, 0.29) is 0 Å². The Bertz CT molecular complexity index is 651. The van der Waals surface area contributed by atoms with Crippen molar-refractivity contribution in [2.45, 2.75) is 13.8 Å². The van der Waals surface area contributed by atoms with Gasteiger partial charge < -0.3 is 5.73 Å². The average Bonchev–Trinajstić information content (AvgIpc) is 2.53. The number of urea groups is 1. The number of nitrogens with zero attached hydrogens (tertiary/aromatic N) is 1. The van der Waals surface area contributed by atoms with Crippen LogP contribution in [0.1, 0.15) is 21.5 Å². The molecule has 3 N–H and O–H groups in total. The number of benzene rings is 1. The highest BCUT2D eigenvalue weighted by molar-refractivity contribution is 6.53. The minimum absolute atomic E-state index is 0.299. The molecule has 20 heavy (non-hydrogen) atoms. The standard InChI is InChI=1S/C13H13N3O4/c1-6-3-7(2)10-8(4-6)16(12(19)11(10)18)5-9(17)15-13(14)20/h3-4H,5H2,1-2H3,(H3,14,15,17,20). The van der Waals surface area contributed by atoms with E-state index in [0.29, 0.717) is 16.8 Å². The number of anilines is 1. The van der Waals surface area contributed by atoms with Gasteiger partial charge in [-0.25, -0.2) is 4.79 Å². The van der Waals surface area contributed by atoms with Crippen molar-refractivity contribution in [3.63, 3.8) is 0 Å². The average molecular weight is 275 g/mol. The number of Topliss-reactive ketones (excluding diaryl/α,β-unsaturated/α-hetero) is 1. The molecule has 7 heteroatoms. The summed E-state index contributed by atoms with van der Waals surface area (Å²) >= 11 is 0. The second-order valence-electron chi connectivity index (χ2n) is 4.61. The van der Waals surface area contributed by atoms with Gasteiger partial charge in [-0.3, -0.25) is 24.6 Å². The van der Waals surface area contributed by atoms with Gasteiger partial charge in [0.15, 0.2) is 0 Å². The van der Waals surface area contributed by atoms with E-state index < -0.39 is 30.2 Å². The SMILES string of the molecule is Cc1cc(C)c2c(c1)N(CC(=O)NC(N)=O)C(=O)C2=O. The summed E-state index contributed by atoms with van der Waals surface area (Å²) in [7, 11) is 0. The molecule has 4 amide bonds. The van der Waals surface area contributed by atoms with E-state index in [2.05, 4.69) is 0 Å². The number of nitrogens with two attached hydrogens (primary N) is 1. The maximum absolute atomic E-state index is 11.9. The lowest BCUT2D eigenvalue weighted by Gasteiger charge is -2.16. The molecule has 2 rings (SSSR count). The fraction of sp³-hybridized carbons (Fsp3) is 0.231. The minimum atomic E-state index is -1.01. The van der Waals surface area contributed by atoms with Crippen LogP contribution >= 0.6 is 0 Å². The molecule has 1 heterocycles. The highest BCUT2D eigenvalue weighted by atomic mass is 16.2. The summed E-state index contributed by atoms with van der Waals surface area (Å²) in [4.78, 5) is 47.0. The van der Waals surface area contributed by atoms with Crippen molar-refractivity contribution in [3.8, 4) is 0 Å². The summed E-state index contributed by atoms with van der Waals surface area (Å²) in [6, 6.07) is 2.44. The van der Waals surface area contributed by atoms with Crippen LogP contribution < -0.4 is 16.0 Å². The second kappa shape index (κ2) is 4.76. The monoisotopic (exact) mass is 275 g/mol. The van der Waals surface area contributed by atoms with Crippen molar-refractivity contribution < 1.29 is 19.2 Å². The lowest BCUT2D eigenvalue weighted by Crippen LogP contribution is -2.44. The first kappa shape index (κ1) is 13.7. The number of primary amides is 1. The van der Waals surface area contributed by atoms with Crippen molar-refractivity contribution in [1.82, 2.24) is 5.32 Å². The third-order valence-corrected chi connectivity index (χ3v) is 2.98. The Morgan fingerprint density at radius 1 is 1.25 bits per heavy atom. The zero-order valence-corrected chi connectivity index (χ0v) is 11.0. The molecule has 0 aliphatic carbocycles. The lowest BCUT2D eigenvalue weighted by molar-refractivity contribution is -0.121. The Morgan fingerprint density at radius 3 is 2.50 bits per heavy atom. The van der Waals surface area contributed by atoms with Gasteiger partial charge >= 0.3 is 6.03 Å². The van der Waals surface area contributed by atoms with E-state index in [4.69, 9.17) is 5.73 Å². The Kier molecular flexibility index (Phi) is 3.27. The van der Waals surface area contributed by atoms with Crippen LogP contribution in [0.2, 0.25) is 0 Å². The fourth-order valence-corrected chi connectivity index (χ4v) is 2.27. The van der Waals surface area contributed by atoms with E-state index in [9.17, 15) is 19.2 Å². The predicted octanol–water partition coefficient (Wildman–Crippen LogP) is 0.0276. The molecular formula is C13H13N3O4. The molecular weight excluding hydrogens is 262 g/mol. The topological polar surface area (TPSA) is 110 Å². The van der Waals surface area contributed by atoms with Crippen LogP contribution in [0, 0.1) is 13.8 Å². The van der Waals surface area contributed by atoms with Gasteiger partial charge in [0.2, 0.25) is 5.91 Å². The molecule has 0 aromatic heterocycles. The van der Waals surface area contributed by atoms with Crippen LogP contribution in [0.3, 0.4) is 0 Å². The summed E-state index contributed by atoms with van der Waals surface area (Å²) in [5.41, 5.74) is 7.06. The molecule has 0 fully saturated rings. The third kappa shape index (κ3) is 2.25. The van der Waals surface area contributed by atoms with E-state index in [1.54, 1.807) is 19.1 Å². The number of hydrogen-bond acceptors (Lipinski definition) is 4. The van der Waals surface area contributed by atoms with Gasteiger partial charge in [-0.2, -0.15) is 0 Å². The van der Waals surface area contributed by atoms with Crippen LogP contribution in [-0.4, -0.2) is 30.2 Å². The molecule has 0 saturated heterocycles. The largest absolute Gasteiger partial charge is 0.351 e. The van der Waals surface area contributed by atoms with E-state index in [1.165, 1.54) is 0 Å². The quantitative estimate of drug-likeness (QED) is 0.742. The Balaban J connectivity index is 2.38. The van der Waals surface area contributed by atoms with Crippen molar-refractivity contribution in [3.05, 3.63) is 28.8 Å². The molecule has 1 aliphatic rings. The molecule has 1 aromatic rings. The Morgan fingerprint density at radius 2 is 1.90 bits per heavy atom. The van der Waals surface area contributed by atoms with Crippen LogP contribution in [0.4, 0.5) is 10.5 Å². The molecule has 7 nitrogen and oxygen atoms in total. The highest BCUT2D eigenvalue weighted by Crippen LogP contribution is 2.32. The summed E-state index contributed by atoms with van der Waals surface area (Å²) in [6.07, 6.45) is 0. The van der Waals surface area contributed by atoms with Crippen LogP contribution in [0.5, 0.6) is 0 Å². The molecule has 0 bridgehead atoms. The Hall–Kier alpha value is -2.70. The number of amides is 4. The predicted molar refractivity (Wildman–Crippen MR) is 70.3 cm³/mol. The molecule has 1 aliphatic heterocycles. The summed E-state index contributed by atoms with van der Waals surface area (Å²) in [5, 5.41) is 1.86. The fourth-order valence-electron chi connectivity index (χ4n) is 2.27. The first-order chi connectivity index (χ1) is 9.31. The summed E-state index contributed by atoms with van der Waals surface area (Å²) < 4.78 is 0. The van der Waals surface area contributed by atoms with Crippen molar-refractivity contribution in [2.24, 2.45) is 5.73 Å². The van der Waals surface area contributed by atoms with Gasteiger partial charge in [-0.05, 0) is 31.0 Å². The number of hydrogen-bond donors (Lipinski definition) is 2. The van der Waals surface area contributed by atoms with E-state index in [1.807, 2.05) is 12.2 Å². The van der Waals surface area contributed by atoms with E-state index in [0.717, 1.165) is 10.5 Å². The maximum atomic E-state index is 11.9. The second-order valence-corrected chi connectivity index (χ2v) is 4.61. The van der Waals surface area contributed by atoms with Crippen LogP contribution in [0.25, 0.3) is 0 Å². The van der Waals surface area contributed by atoms with Crippen LogP contribution in [0.15, 0.2) is 12.1 Å². The van der Waals surface area contributed by atoms with Gasteiger partial charge in [0.25, 0.3) is 11.7 Å². The van der Waals surface area contributed by atoms with Crippen molar-refractivity contribution >= 4 is 29.3 Å². The highest BCUT2D eigenvalue weighted by Gasteiger charge is 2.38. The number of aryl methyl sites for hydroxylation is 2. The number of ketones is 1. The summed E-state index contributed by atoms with van der Waals surface area (Å²) in [6.45, 7) is 3.12. The van der Waals surface area contributed by atoms with Crippen molar-refractivity contribution in [2.75, 3.05) is 11.4 Å². The molecule has 104 valence electrons. The first-order valence-electron chi connectivity index (χ1n) is 5.88. The van der Waals surface area contributed by atoms with Gasteiger partial charge in [0.05, 0.1) is 11.3 Å². The number of imide groups is 1. The van der Waals surface area contributed by atoms with Gasteiger partial charge in [0, 0.05) is 0 Å². The molecule has 0 saturated carbocycles. The molecule has 0 atom stereocenters. The van der Waals surface area contributed by atoms with Gasteiger partial charge in [-0.15, -0.1) is 0 Å². The molecule has 1 aromatic carbocycles. The Labute approximate surface area is 114 Å². The van der Waals surface area contributed by atoms with E-state index >= 15 is 0 Å². The smallest absolute Gasteiger partial charge is 0.318 e. The molecule has 0 radical (unpaired) electrons. The van der Waals surface area contributed by atoms with Crippen molar-refractivity contribution in [1.29, 1.82) is 0 Å². The normalized spacial score (nSPS) is 13.4. The third-order valence-electron chi connectivity index (χ3n) is 2.98. The number of carbonyl (C=O) groups excluding carboxylic acids is 4. The number of nitrogens with one attached hydrogen (secondary N) is 1. The maximum Gasteiger partial charge on any atom is 0.318 e. The summed E-state index contributed by atoms with van der Waals surface area (Å²) in [5.74, 6) is -2.18. The number of rotatable bonds is 2. The van der Waals surface area contributed by atoms with Gasteiger partial charge in [0.1, 0.15) is 6.54 Å². The molecule has 0 unspecified atom stereocenters. The number of carbonyl (C=O) groups is 4. The van der Waals surface area contributed by atoms with Gasteiger partial charge in [-0.1, -0.05) is 6.07 Å². The molecule has 0 spiro atoms. The number of fused-ring (bicyclic) bond motifs is 1. The zero-order chi connectivity index (χ0) is 15.0. The minimum Gasteiger partial charge on any atom is -0.351 e. The zero-order valence-electron chi connectivity index (χ0n) is 11.0. The van der Waals surface area contributed by atoms with Crippen LogP contribution in [-0.2, 0) is 9.59 Å². The first-order valence-corrected chi connectivity index (χ1v) is 5.88. The lowest BCUT2D eigenvalue weighted by atomic mass is 10.0.